The Balaban J connectivity index is 2.32. The summed E-state index contributed by atoms with van der Waals surface area (Å²) < 4.78 is 7.78. The van der Waals surface area contributed by atoms with Crippen molar-refractivity contribution in [2.24, 2.45) is 0 Å². The SMILES string of the molecule is Cc1nsc(NC(=O)c2snnc2C(C)(C)C)c1C(=O)O. The number of aryl methyl sites for hydroxylation is 1. The van der Waals surface area contributed by atoms with E-state index in [0.717, 1.165) is 23.1 Å². The summed E-state index contributed by atoms with van der Waals surface area (Å²) in [5.41, 5.74) is 0.659. The van der Waals surface area contributed by atoms with Crippen LogP contribution >= 0.6 is 23.1 Å². The fraction of sp³-hybridized carbons (Fsp3) is 0.417. The Kier molecular flexibility index (Phi) is 4.06. The standard InChI is InChI=1S/C12H14N4O3S2/c1-5-6(11(18)19)10(21-15-5)13-9(17)7-8(12(2,3)4)14-16-20-7/h1-4H3,(H,13,17)(H,18,19). The average molecular weight is 326 g/mol. The van der Waals surface area contributed by atoms with Crippen LogP contribution in [0, 0.1) is 6.92 Å². The van der Waals surface area contributed by atoms with Crippen molar-refractivity contribution >= 4 is 39.9 Å². The van der Waals surface area contributed by atoms with Crippen LogP contribution in [0.1, 0.15) is 52.2 Å². The zero-order valence-corrected chi connectivity index (χ0v) is 13.6. The van der Waals surface area contributed by atoms with E-state index in [4.69, 9.17) is 5.11 Å². The third kappa shape index (κ3) is 3.08. The van der Waals surface area contributed by atoms with Gasteiger partial charge < -0.3 is 10.4 Å². The minimum Gasteiger partial charge on any atom is -0.478 e. The molecule has 0 radical (unpaired) electrons. The van der Waals surface area contributed by atoms with Crippen LogP contribution in [0.15, 0.2) is 0 Å². The number of aromatic nitrogens is 3. The maximum atomic E-state index is 12.3. The first-order chi connectivity index (χ1) is 9.71. The van der Waals surface area contributed by atoms with Gasteiger partial charge in [0.1, 0.15) is 15.4 Å². The van der Waals surface area contributed by atoms with Gasteiger partial charge in [-0.2, -0.15) is 4.37 Å². The molecule has 0 spiro atoms. The van der Waals surface area contributed by atoms with Gasteiger partial charge in [-0.3, -0.25) is 4.79 Å². The predicted octanol–water partition coefficient (Wildman–Crippen LogP) is 2.55. The number of hydrogen-bond acceptors (Lipinski definition) is 7. The Bertz CT molecular complexity index is 700. The monoisotopic (exact) mass is 326 g/mol. The van der Waals surface area contributed by atoms with Crippen LogP contribution in [-0.2, 0) is 5.41 Å². The van der Waals surface area contributed by atoms with Gasteiger partial charge in [-0.1, -0.05) is 25.3 Å². The van der Waals surface area contributed by atoms with E-state index in [0.29, 0.717) is 16.3 Å². The summed E-state index contributed by atoms with van der Waals surface area (Å²) in [7, 11) is 0. The number of aromatic carboxylic acids is 1. The van der Waals surface area contributed by atoms with Gasteiger partial charge in [0.25, 0.3) is 5.91 Å². The Morgan fingerprint density at radius 1 is 1.24 bits per heavy atom. The summed E-state index contributed by atoms with van der Waals surface area (Å²) in [5, 5.41) is 16.0. The van der Waals surface area contributed by atoms with E-state index in [9.17, 15) is 9.59 Å². The number of nitrogens with one attached hydrogen (secondary N) is 1. The van der Waals surface area contributed by atoms with E-state index in [2.05, 4.69) is 19.3 Å². The summed E-state index contributed by atoms with van der Waals surface area (Å²) in [6.07, 6.45) is 0. The molecule has 2 heterocycles. The Morgan fingerprint density at radius 2 is 1.90 bits per heavy atom. The zero-order chi connectivity index (χ0) is 15.8. The molecule has 0 aliphatic heterocycles. The van der Waals surface area contributed by atoms with E-state index < -0.39 is 11.9 Å². The number of amides is 1. The number of carbonyl (C=O) groups is 2. The lowest BCUT2D eigenvalue weighted by atomic mass is 9.91. The summed E-state index contributed by atoms with van der Waals surface area (Å²) in [6.45, 7) is 7.38. The highest BCUT2D eigenvalue weighted by Gasteiger charge is 2.28. The number of nitrogens with zero attached hydrogens (tertiary/aromatic N) is 3. The highest BCUT2D eigenvalue weighted by Crippen LogP contribution is 2.29. The fourth-order valence-corrected chi connectivity index (χ4v) is 3.25. The molecule has 7 nitrogen and oxygen atoms in total. The van der Waals surface area contributed by atoms with E-state index in [1.807, 2.05) is 20.8 Å². The summed E-state index contributed by atoms with van der Waals surface area (Å²) >= 11 is 1.93. The zero-order valence-electron chi connectivity index (χ0n) is 11.9. The second-order valence-electron chi connectivity index (χ2n) is 5.43. The lowest BCUT2D eigenvalue weighted by Crippen LogP contribution is -2.20. The highest BCUT2D eigenvalue weighted by atomic mass is 32.1. The maximum Gasteiger partial charge on any atom is 0.340 e. The van der Waals surface area contributed by atoms with Gasteiger partial charge in [-0.25, -0.2) is 4.79 Å². The lowest BCUT2D eigenvalue weighted by Gasteiger charge is -2.15. The van der Waals surface area contributed by atoms with E-state index in [-0.39, 0.29) is 16.0 Å². The first-order valence-corrected chi connectivity index (χ1v) is 7.60. The third-order valence-corrected chi connectivity index (χ3v) is 4.29. The Hall–Kier alpha value is -1.87. The number of carbonyl (C=O) groups excluding carboxylic acids is 1. The second kappa shape index (κ2) is 5.49. The molecule has 21 heavy (non-hydrogen) atoms. The van der Waals surface area contributed by atoms with Gasteiger partial charge in [0.05, 0.1) is 11.4 Å². The van der Waals surface area contributed by atoms with Gasteiger partial charge in [0, 0.05) is 5.41 Å². The van der Waals surface area contributed by atoms with Crippen molar-refractivity contribution < 1.29 is 14.7 Å². The van der Waals surface area contributed by atoms with Crippen LogP contribution in [-0.4, -0.2) is 30.9 Å². The van der Waals surface area contributed by atoms with Crippen molar-refractivity contribution in [1.82, 2.24) is 14.0 Å². The van der Waals surface area contributed by atoms with Gasteiger partial charge in [-0.05, 0) is 30.0 Å². The Labute approximate surface area is 129 Å². The summed E-state index contributed by atoms with van der Waals surface area (Å²) in [4.78, 5) is 23.9. The molecule has 0 fully saturated rings. The number of hydrogen-bond donors (Lipinski definition) is 2. The van der Waals surface area contributed by atoms with Crippen LogP contribution in [0.3, 0.4) is 0 Å². The van der Waals surface area contributed by atoms with Crippen LogP contribution < -0.4 is 5.32 Å². The van der Waals surface area contributed by atoms with Crippen molar-refractivity contribution in [3.63, 3.8) is 0 Å². The molecule has 2 N–H and O–H groups in total. The van der Waals surface area contributed by atoms with Crippen molar-refractivity contribution in [2.45, 2.75) is 33.1 Å². The highest BCUT2D eigenvalue weighted by molar-refractivity contribution is 7.11. The van der Waals surface area contributed by atoms with Gasteiger partial charge >= 0.3 is 5.97 Å². The molecule has 2 rings (SSSR count). The maximum absolute atomic E-state index is 12.3. The normalized spacial score (nSPS) is 11.4. The molecule has 112 valence electrons. The fourth-order valence-electron chi connectivity index (χ4n) is 1.70. The molecule has 9 heteroatoms. The van der Waals surface area contributed by atoms with Crippen molar-refractivity contribution in [1.29, 1.82) is 0 Å². The van der Waals surface area contributed by atoms with Crippen LogP contribution in [0.5, 0.6) is 0 Å². The largest absolute Gasteiger partial charge is 0.478 e. The molecule has 0 unspecified atom stereocenters. The van der Waals surface area contributed by atoms with E-state index in [1.54, 1.807) is 6.92 Å². The van der Waals surface area contributed by atoms with Gasteiger partial charge in [0.2, 0.25) is 0 Å². The average Bonchev–Trinajstić information content (AvgIpc) is 2.95. The molecule has 0 aliphatic carbocycles. The summed E-state index contributed by atoms with van der Waals surface area (Å²) in [5.74, 6) is -1.53. The smallest absolute Gasteiger partial charge is 0.340 e. The molecule has 2 aromatic heterocycles. The second-order valence-corrected chi connectivity index (χ2v) is 6.96. The minimum atomic E-state index is -1.12. The van der Waals surface area contributed by atoms with Crippen LogP contribution in [0.25, 0.3) is 0 Å². The van der Waals surface area contributed by atoms with Crippen LogP contribution in [0.4, 0.5) is 5.00 Å². The number of anilines is 1. The lowest BCUT2D eigenvalue weighted by molar-refractivity contribution is 0.0697. The van der Waals surface area contributed by atoms with Gasteiger partial charge in [-0.15, -0.1) is 5.10 Å². The topological polar surface area (TPSA) is 105 Å². The minimum absolute atomic E-state index is 0.0168. The van der Waals surface area contributed by atoms with Crippen LogP contribution in [0.2, 0.25) is 0 Å². The summed E-state index contributed by atoms with van der Waals surface area (Å²) in [6, 6.07) is 0. The number of rotatable bonds is 3. The van der Waals surface area contributed by atoms with Gasteiger partial charge in [0.15, 0.2) is 0 Å². The number of carboxylic acids is 1. The number of carboxylic acid groups (broad SMARTS) is 1. The first kappa shape index (κ1) is 15.5. The molecule has 0 aromatic carbocycles. The molecule has 0 atom stereocenters. The molecule has 2 aromatic rings. The van der Waals surface area contributed by atoms with E-state index in [1.165, 1.54) is 0 Å². The quantitative estimate of drug-likeness (QED) is 0.898. The molecular formula is C12H14N4O3S2. The van der Waals surface area contributed by atoms with E-state index >= 15 is 0 Å². The first-order valence-electron chi connectivity index (χ1n) is 6.05. The molecular weight excluding hydrogens is 312 g/mol. The Morgan fingerprint density at radius 3 is 2.48 bits per heavy atom. The van der Waals surface area contributed by atoms with Crippen molar-refractivity contribution in [3.05, 3.63) is 21.8 Å². The predicted molar refractivity (Wildman–Crippen MR) is 80.4 cm³/mol. The van der Waals surface area contributed by atoms with Crippen molar-refractivity contribution in [3.8, 4) is 0 Å². The molecule has 0 saturated heterocycles. The molecule has 0 aliphatic rings. The van der Waals surface area contributed by atoms with Crippen molar-refractivity contribution in [2.75, 3.05) is 5.32 Å². The molecule has 1 amide bonds. The molecule has 0 saturated carbocycles. The third-order valence-electron chi connectivity index (χ3n) is 2.71. The molecule has 0 bridgehead atoms.